The molecule has 0 aliphatic rings. The van der Waals surface area contributed by atoms with Crippen LogP contribution in [0, 0.1) is 0 Å². The number of carboxylic acid groups (broad SMARTS) is 2. The van der Waals surface area contributed by atoms with Crippen LogP contribution in [0.1, 0.15) is 47.5 Å². The predicted octanol–water partition coefficient (Wildman–Crippen LogP) is 3.93. The first-order chi connectivity index (χ1) is 13.2. The molecular formula is C21H34O8. The van der Waals surface area contributed by atoms with Crippen LogP contribution in [-0.4, -0.2) is 46.3 Å². The molecule has 0 unspecified atom stereocenters. The van der Waals surface area contributed by atoms with Crippen LogP contribution < -0.4 is 0 Å². The molecule has 8 nitrogen and oxygen atoms in total. The van der Waals surface area contributed by atoms with Crippen molar-refractivity contribution in [1.29, 1.82) is 0 Å². The van der Waals surface area contributed by atoms with E-state index < -0.39 is 17.5 Å². The zero-order valence-electron chi connectivity index (χ0n) is 18.0. The molecule has 0 amide bonds. The minimum atomic E-state index is -0.981. The molecule has 0 radical (unpaired) electrons. The molecule has 8 heteroatoms. The van der Waals surface area contributed by atoms with Crippen molar-refractivity contribution in [3.63, 3.8) is 0 Å². The lowest BCUT2D eigenvalue weighted by atomic mass is 10.2. The smallest absolute Gasteiger partial charge is 0.330 e. The van der Waals surface area contributed by atoms with Gasteiger partial charge in [0.15, 0.2) is 0 Å². The van der Waals surface area contributed by atoms with Gasteiger partial charge in [-0.05, 0) is 34.1 Å². The molecule has 0 saturated carbocycles. The molecule has 0 spiro atoms. The maximum absolute atomic E-state index is 10.5. The van der Waals surface area contributed by atoms with Gasteiger partial charge in [-0.1, -0.05) is 39.7 Å². The second-order valence-corrected chi connectivity index (χ2v) is 6.09. The Kier molecular flexibility index (Phi) is 24.4. The molecule has 0 rings (SSSR count). The summed E-state index contributed by atoms with van der Waals surface area (Å²) in [5.41, 5.74) is -0.222. The molecule has 0 saturated heterocycles. The molecule has 0 fully saturated rings. The Labute approximate surface area is 173 Å². The second kappa shape index (κ2) is 21.1. The van der Waals surface area contributed by atoms with Crippen LogP contribution in [0.25, 0.3) is 0 Å². The molecular weight excluding hydrogens is 380 g/mol. The Morgan fingerprint density at radius 3 is 1.48 bits per heavy atom. The summed E-state index contributed by atoms with van der Waals surface area (Å²) in [5, 5.41) is 15.5. The average molecular weight is 414 g/mol. The van der Waals surface area contributed by atoms with Crippen molar-refractivity contribution in [3.8, 4) is 0 Å². The van der Waals surface area contributed by atoms with E-state index in [9.17, 15) is 19.2 Å². The van der Waals surface area contributed by atoms with E-state index in [-0.39, 0.29) is 17.5 Å². The fourth-order valence-electron chi connectivity index (χ4n) is 0.719. The van der Waals surface area contributed by atoms with Gasteiger partial charge in [0.05, 0.1) is 6.61 Å². The van der Waals surface area contributed by atoms with Gasteiger partial charge in [0.2, 0.25) is 0 Å². The first-order valence-corrected chi connectivity index (χ1v) is 8.57. The van der Waals surface area contributed by atoms with Gasteiger partial charge < -0.3 is 19.7 Å². The van der Waals surface area contributed by atoms with E-state index in [0.29, 0.717) is 6.61 Å². The monoisotopic (exact) mass is 414 g/mol. The van der Waals surface area contributed by atoms with Gasteiger partial charge in [-0.3, -0.25) is 0 Å². The highest BCUT2D eigenvalue weighted by Crippen LogP contribution is 2.06. The van der Waals surface area contributed by atoms with Gasteiger partial charge in [0.1, 0.15) is 5.60 Å². The number of hydrogen-bond donors (Lipinski definition) is 2. The highest BCUT2D eigenvalue weighted by molar-refractivity contribution is 5.84. The third-order valence-electron chi connectivity index (χ3n) is 2.02. The van der Waals surface area contributed by atoms with Crippen molar-refractivity contribution in [2.75, 3.05) is 6.61 Å². The predicted molar refractivity (Wildman–Crippen MR) is 112 cm³/mol. The quantitative estimate of drug-likeness (QED) is 0.364. The molecule has 0 aliphatic heterocycles. The Hall–Kier alpha value is -3.16. The zero-order chi connectivity index (χ0) is 24.0. The number of unbranched alkanes of at least 4 members (excludes halogenated alkanes) is 1. The maximum atomic E-state index is 10.5. The molecule has 0 atom stereocenters. The van der Waals surface area contributed by atoms with Crippen molar-refractivity contribution in [3.05, 3.63) is 50.1 Å². The van der Waals surface area contributed by atoms with E-state index in [2.05, 4.69) is 31.1 Å². The molecule has 0 aliphatic carbocycles. The summed E-state index contributed by atoms with van der Waals surface area (Å²) in [4.78, 5) is 39.7. The molecule has 0 heterocycles. The van der Waals surface area contributed by atoms with E-state index in [1.54, 1.807) is 0 Å². The van der Waals surface area contributed by atoms with Gasteiger partial charge in [0, 0.05) is 23.8 Å². The SMILES string of the molecule is C=C(C)C(=O)O.C=CC(=O)O.C=CC(=O)OC(C)(C)C.C=CC(=O)OCCCC. The van der Waals surface area contributed by atoms with E-state index >= 15 is 0 Å². The number of hydrogen-bond acceptors (Lipinski definition) is 6. The number of carboxylic acids is 2. The second-order valence-electron chi connectivity index (χ2n) is 6.09. The van der Waals surface area contributed by atoms with E-state index in [1.165, 1.54) is 13.0 Å². The van der Waals surface area contributed by atoms with Crippen LogP contribution >= 0.6 is 0 Å². The minimum Gasteiger partial charge on any atom is -0.478 e. The maximum Gasteiger partial charge on any atom is 0.330 e. The lowest BCUT2D eigenvalue weighted by Gasteiger charge is -2.17. The number of carbonyl (C=O) groups is 4. The van der Waals surface area contributed by atoms with Crippen molar-refractivity contribution < 1.29 is 38.9 Å². The van der Waals surface area contributed by atoms with Gasteiger partial charge in [0.25, 0.3) is 0 Å². The molecule has 166 valence electrons. The van der Waals surface area contributed by atoms with Gasteiger partial charge >= 0.3 is 23.9 Å². The third kappa shape index (κ3) is 45.7. The number of esters is 2. The fraction of sp³-hybridized carbons (Fsp3) is 0.429. The molecule has 0 aromatic carbocycles. The van der Waals surface area contributed by atoms with E-state index in [0.717, 1.165) is 25.0 Å². The Balaban J connectivity index is -0.000000148. The first kappa shape index (κ1) is 33.4. The Morgan fingerprint density at radius 1 is 0.931 bits per heavy atom. The van der Waals surface area contributed by atoms with Crippen LogP contribution in [0.15, 0.2) is 50.1 Å². The van der Waals surface area contributed by atoms with Crippen molar-refractivity contribution >= 4 is 23.9 Å². The first-order valence-electron chi connectivity index (χ1n) is 8.57. The summed E-state index contributed by atoms with van der Waals surface area (Å²) in [6.07, 6.45) is 5.14. The molecule has 0 bridgehead atoms. The molecule has 0 aromatic heterocycles. The molecule has 29 heavy (non-hydrogen) atoms. The van der Waals surface area contributed by atoms with Crippen molar-refractivity contribution in [2.24, 2.45) is 0 Å². The highest BCUT2D eigenvalue weighted by atomic mass is 16.6. The normalized spacial score (nSPS) is 8.59. The highest BCUT2D eigenvalue weighted by Gasteiger charge is 2.12. The summed E-state index contributed by atoms with van der Waals surface area (Å²) < 4.78 is 9.50. The standard InChI is InChI=1S/2C7H12O2.C4H6O2.C3H4O2/c1-5-6(8)9-7(2,3)4;1-3-5-6-9-7(8)4-2;1-3(2)4(5)6;1-2-3(4)5/h5H,1H2,2-4H3;4H,2-3,5-6H2,1H3;1H2,2H3,(H,5,6);2H,1H2,(H,4,5). The average Bonchev–Trinajstić information content (AvgIpc) is 2.61. The lowest BCUT2D eigenvalue weighted by Crippen LogP contribution is -2.22. The van der Waals surface area contributed by atoms with Crippen LogP contribution in [0.5, 0.6) is 0 Å². The van der Waals surface area contributed by atoms with Crippen LogP contribution in [0.4, 0.5) is 0 Å². The Morgan fingerprint density at radius 2 is 1.31 bits per heavy atom. The summed E-state index contributed by atoms with van der Waals surface area (Å²) in [7, 11) is 0. The van der Waals surface area contributed by atoms with Gasteiger partial charge in [-0.15, -0.1) is 0 Å². The topological polar surface area (TPSA) is 127 Å². The Bertz CT molecular complexity index is 542. The van der Waals surface area contributed by atoms with Crippen molar-refractivity contribution in [2.45, 2.75) is 53.1 Å². The summed E-state index contributed by atoms with van der Waals surface area (Å²) in [6.45, 7) is 22.1. The molecule has 2 N–H and O–H groups in total. The number of rotatable bonds is 7. The number of aliphatic carboxylic acids is 2. The summed E-state index contributed by atoms with van der Waals surface area (Å²) >= 11 is 0. The lowest BCUT2D eigenvalue weighted by molar-refractivity contribution is -0.148. The third-order valence-corrected chi connectivity index (χ3v) is 2.02. The number of ether oxygens (including phenoxy) is 2. The molecule has 0 aromatic rings. The van der Waals surface area contributed by atoms with E-state index in [1.807, 2.05) is 27.7 Å². The van der Waals surface area contributed by atoms with Crippen molar-refractivity contribution in [1.82, 2.24) is 0 Å². The summed E-state index contributed by atoms with van der Waals surface area (Å²) in [6, 6.07) is 0. The largest absolute Gasteiger partial charge is 0.478 e. The van der Waals surface area contributed by atoms with Crippen LogP contribution in [-0.2, 0) is 28.7 Å². The minimum absolute atomic E-state index is 0.176. The van der Waals surface area contributed by atoms with Crippen LogP contribution in [0.3, 0.4) is 0 Å². The summed E-state index contributed by atoms with van der Waals surface area (Å²) in [5.74, 6) is -2.62. The van der Waals surface area contributed by atoms with Gasteiger partial charge in [-0.25, -0.2) is 19.2 Å². The zero-order valence-corrected chi connectivity index (χ0v) is 18.0. The number of carbonyl (C=O) groups excluding carboxylic acids is 2. The fourth-order valence-corrected chi connectivity index (χ4v) is 0.719. The van der Waals surface area contributed by atoms with E-state index in [4.69, 9.17) is 14.9 Å². The van der Waals surface area contributed by atoms with Gasteiger partial charge in [-0.2, -0.15) is 0 Å². The van der Waals surface area contributed by atoms with Crippen LogP contribution in [0.2, 0.25) is 0 Å².